The van der Waals surface area contributed by atoms with Gasteiger partial charge in [0.2, 0.25) is 0 Å². The van der Waals surface area contributed by atoms with E-state index in [1.807, 2.05) is 18.2 Å². The number of benzene rings is 2. The summed E-state index contributed by atoms with van der Waals surface area (Å²) in [5, 5.41) is 7.30. The highest BCUT2D eigenvalue weighted by atomic mass is 32.1. The summed E-state index contributed by atoms with van der Waals surface area (Å²) in [4.78, 5) is 0. The molecule has 0 aromatic heterocycles. The predicted octanol–water partition coefficient (Wildman–Crippen LogP) is 4.45. The Labute approximate surface area is 154 Å². The fourth-order valence-corrected chi connectivity index (χ4v) is 3.21. The first kappa shape index (κ1) is 17.5. The van der Waals surface area contributed by atoms with Gasteiger partial charge in [-0.2, -0.15) is 0 Å². The molecule has 1 heterocycles. The highest BCUT2D eigenvalue weighted by Gasteiger charge is 2.19. The van der Waals surface area contributed by atoms with Gasteiger partial charge in [0, 0.05) is 11.8 Å². The van der Waals surface area contributed by atoms with Crippen molar-refractivity contribution in [3.05, 3.63) is 53.6 Å². The number of fused-ring (bicyclic) bond motifs is 1. The van der Waals surface area contributed by atoms with Gasteiger partial charge in [0.05, 0.1) is 6.04 Å². The zero-order valence-corrected chi connectivity index (χ0v) is 15.7. The molecule has 0 fully saturated rings. The number of anilines is 1. The van der Waals surface area contributed by atoms with Gasteiger partial charge < -0.3 is 20.1 Å². The van der Waals surface area contributed by atoms with Crippen molar-refractivity contribution in [3.63, 3.8) is 0 Å². The number of hydrogen-bond acceptors (Lipinski definition) is 3. The van der Waals surface area contributed by atoms with Crippen molar-refractivity contribution in [1.29, 1.82) is 0 Å². The fraction of sp³-hybridized carbons (Fsp3) is 0.350. The molecular formula is C20H24N2O2S. The van der Waals surface area contributed by atoms with Crippen LogP contribution in [0.2, 0.25) is 0 Å². The first-order valence-electron chi connectivity index (χ1n) is 8.57. The monoisotopic (exact) mass is 356 g/mol. The van der Waals surface area contributed by atoms with Gasteiger partial charge in [-0.1, -0.05) is 38.1 Å². The second-order valence-electron chi connectivity index (χ2n) is 6.54. The molecule has 3 rings (SSSR count). The largest absolute Gasteiger partial charge is 0.486 e. The zero-order valence-electron chi connectivity index (χ0n) is 14.8. The topological polar surface area (TPSA) is 42.5 Å². The minimum absolute atomic E-state index is 0.151. The molecular weight excluding hydrogens is 332 g/mol. The van der Waals surface area contributed by atoms with Crippen molar-refractivity contribution in [1.82, 2.24) is 5.32 Å². The van der Waals surface area contributed by atoms with Gasteiger partial charge in [-0.15, -0.1) is 0 Å². The Balaban J connectivity index is 1.71. The van der Waals surface area contributed by atoms with E-state index in [4.69, 9.17) is 21.7 Å². The Hall–Kier alpha value is -2.27. The molecule has 0 spiro atoms. The van der Waals surface area contributed by atoms with Crippen LogP contribution in [0.25, 0.3) is 0 Å². The van der Waals surface area contributed by atoms with Crippen LogP contribution < -0.4 is 20.1 Å². The minimum Gasteiger partial charge on any atom is -0.486 e. The van der Waals surface area contributed by atoms with Crippen molar-refractivity contribution >= 4 is 23.0 Å². The number of thiocarbonyl (C=S) groups is 1. The van der Waals surface area contributed by atoms with E-state index < -0.39 is 0 Å². The minimum atomic E-state index is 0.151. The summed E-state index contributed by atoms with van der Waals surface area (Å²) < 4.78 is 11.2. The van der Waals surface area contributed by atoms with Gasteiger partial charge in [-0.05, 0) is 48.3 Å². The maximum absolute atomic E-state index is 5.62. The normalized spacial score (nSPS) is 14.1. The van der Waals surface area contributed by atoms with Crippen molar-refractivity contribution in [2.24, 2.45) is 5.92 Å². The van der Waals surface area contributed by atoms with Gasteiger partial charge in [-0.25, -0.2) is 0 Å². The summed E-state index contributed by atoms with van der Waals surface area (Å²) in [6, 6.07) is 14.3. The van der Waals surface area contributed by atoms with Gasteiger partial charge >= 0.3 is 0 Å². The lowest BCUT2D eigenvalue weighted by molar-refractivity contribution is 0.171. The summed E-state index contributed by atoms with van der Waals surface area (Å²) in [6.07, 6.45) is 0. The van der Waals surface area contributed by atoms with Gasteiger partial charge in [-0.3, -0.25) is 0 Å². The quantitative estimate of drug-likeness (QED) is 0.792. The lowest BCUT2D eigenvalue weighted by Crippen LogP contribution is -2.35. The molecule has 2 aromatic carbocycles. The second kappa shape index (κ2) is 7.74. The molecule has 5 heteroatoms. The summed E-state index contributed by atoms with van der Waals surface area (Å²) >= 11 is 5.54. The van der Waals surface area contributed by atoms with Crippen LogP contribution in [0.1, 0.15) is 31.0 Å². The van der Waals surface area contributed by atoms with E-state index in [0.717, 1.165) is 17.2 Å². The zero-order chi connectivity index (χ0) is 17.8. The van der Waals surface area contributed by atoms with Gasteiger partial charge in [0.25, 0.3) is 0 Å². The van der Waals surface area contributed by atoms with Crippen LogP contribution in [0.15, 0.2) is 42.5 Å². The van der Waals surface area contributed by atoms with Crippen LogP contribution in [-0.4, -0.2) is 18.3 Å². The molecule has 0 amide bonds. The molecule has 0 saturated carbocycles. The molecule has 0 aliphatic carbocycles. The molecule has 4 nitrogen and oxygen atoms in total. The Morgan fingerprint density at radius 1 is 1.04 bits per heavy atom. The maximum atomic E-state index is 5.62. The lowest BCUT2D eigenvalue weighted by Gasteiger charge is -2.26. The average Bonchev–Trinajstić information content (AvgIpc) is 2.60. The number of aryl methyl sites for hydroxylation is 1. The lowest BCUT2D eigenvalue weighted by atomic mass is 9.93. The third kappa shape index (κ3) is 4.23. The standard InChI is InChI=1S/C20H24N2O2S/c1-13(2)19(16-7-5-4-6-14(16)3)22-20(25)21-15-8-9-17-18(12-15)24-11-10-23-17/h4-9,12-13,19H,10-11H2,1-3H3,(H2,21,22,25)/t19-/m1/s1. The van der Waals surface area contributed by atoms with Crippen LogP contribution in [0, 0.1) is 12.8 Å². The Morgan fingerprint density at radius 2 is 1.76 bits per heavy atom. The third-order valence-electron chi connectivity index (χ3n) is 4.28. The van der Waals surface area contributed by atoms with E-state index in [9.17, 15) is 0 Å². The summed E-state index contributed by atoms with van der Waals surface area (Å²) in [7, 11) is 0. The molecule has 0 saturated heterocycles. The molecule has 2 aromatic rings. The van der Waals surface area contributed by atoms with E-state index in [1.54, 1.807) is 0 Å². The highest BCUT2D eigenvalue weighted by molar-refractivity contribution is 7.80. The van der Waals surface area contributed by atoms with Gasteiger partial charge in [0.15, 0.2) is 16.6 Å². The van der Waals surface area contributed by atoms with E-state index in [0.29, 0.717) is 24.2 Å². The predicted molar refractivity (Wildman–Crippen MR) is 106 cm³/mol. The average molecular weight is 356 g/mol. The van der Waals surface area contributed by atoms with Crippen LogP contribution >= 0.6 is 12.2 Å². The molecule has 132 valence electrons. The van der Waals surface area contributed by atoms with Crippen LogP contribution in [0.3, 0.4) is 0 Å². The van der Waals surface area contributed by atoms with Crippen molar-refractivity contribution in [2.45, 2.75) is 26.8 Å². The number of ether oxygens (including phenoxy) is 2. The van der Waals surface area contributed by atoms with Crippen LogP contribution in [0.4, 0.5) is 5.69 Å². The Bertz CT molecular complexity index is 761. The van der Waals surface area contributed by atoms with Crippen molar-refractivity contribution in [2.75, 3.05) is 18.5 Å². The molecule has 25 heavy (non-hydrogen) atoms. The van der Waals surface area contributed by atoms with Crippen LogP contribution in [0.5, 0.6) is 11.5 Å². The SMILES string of the molecule is Cc1ccccc1[C@H](NC(=S)Nc1ccc2c(c1)OCCO2)C(C)C. The first-order chi connectivity index (χ1) is 12.0. The molecule has 0 bridgehead atoms. The van der Waals surface area contributed by atoms with Gasteiger partial charge in [0.1, 0.15) is 13.2 Å². The number of hydrogen-bond donors (Lipinski definition) is 2. The van der Waals surface area contributed by atoms with E-state index in [2.05, 4.69) is 55.7 Å². The first-order valence-corrected chi connectivity index (χ1v) is 8.98. The van der Waals surface area contributed by atoms with E-state index in [1.165, 1.54) is 11.1 Å². The molecule has 1 aliphatic heterocycles. The van der Waals surface area contributed by atoms with E-state index >= 15 is 0 Å². The summed E-state index contributed by atoms with van der Waals surface area (Å²) in [5.41, 5.74) is 3.41. The third-order valence-corrected chi connectivity index (χ3v) is 4.50. The van der Waals surface area contributed by atoms with Crippen LogP contribution in [-0.2, 0) is 0 Å². The molecule has 2 N–H and O–H groups in total. The Morgan fingerprint density at radius 3 is 2.48 bits per heavy atom. The van der Waals surface area contributed by atoms with Crippen molar-refractivity contribution in [3.8, 4) is 11.5 Å². The molecule has 1 aliphatic rings. The molecule has 1 atom stereocenters. The second-order valence-corrected chi connectivity index (χ2v) is 6.94. The summed E-state index contributed by atoms with van der Waals surface area (Å²) in [6.45, 7) is 7.67. The summed E-state index contributed by atoms with van der Waals surface area (Å²) in [5.74, 6) is 1.93. The van der Waals surface area contributed by atoms with Crippen molar-refractivity contribution < 1.29 is 9.47 Å². The smallest absolute Gasteiger partial charge is 0.171 e. The fourth-order valence-electron chi connectivity index (χ4n) is 2.97. The Kier molecular flexibility index (Phi) is 5.43. The number of rotatable bonds is 4. The maximum Gasteiger partial charge on any atom is 0.171 e. The number of nitrogens with one attached hydrogen (secondary N) is 2. The molecule has 0 unspecified atom stereocenters. The molecule has 0 radical (unpaired) electrons. The highest BCUT2D eigenvalue weighted by Crippen LogP contribution is 2.32. The van der Waals surface area contributed by atoms with E-state index in [-0.39, 0.29) is 6.04 Å².